The first kappa shape index (κ1) is 9.30. The van der Waals surface area contributed by atoms with Crippen LogP contribution >= 0.6 is 0 Å². The molecule has 0 aliphatic carbocycles. The molecule has 0 saturated heterocycles. The maximum absolute atomic E-state index is 2.25. The van der Waals surface area contributed by atoms with Crippen LogP contribution in [0.3, 0.4) is 0 Å². The molecule has 0 fully saturated rings. The van der Waals surface area contributed by atoms with Gasteiger partial charge >= 0.3 is 68.5 Å². The van der Waals surface area contributed by atoms with Crippen molar-refractivity contribution in [2.24, 2.45) is 5.41 Å². The summed E-state index contributed by atoms with van der Waals surface area (Å²) in [5.41, 5.74) is 1.80. The van der Waals surface area contributed by atoms with Gasteiger partial charge in [0.1, 0.15) is 0 Å². The van der Waals surface area contributed by atoms with E-state index in [9.17, 15) is 0 Å². The molecule has 0 aliphatic rings. The Bertz CT molecular complexity index is 126. The van der Waals surface area contributed by atoms with Gasteiger partial charge in [-0.05, 0) is 0 Å². The summed E-state index contributed by atoms with van der Waals surface area (Å²) in [4.78, 5) is 0. The molecule has 0 aromatic rings. The zero-order valence-corrected chi connectivity index (χ0v) is 9.50. The molecule has 0 spiro atoms. The summed E-state index contributed by atoms with van der Waals surface area (Å²) >= 11 is 1.54. The van der Waals surface area contributed by atoms with Gasteiger partial charge in [0.15, 0.2) is 0 Å². The second-order valence-corrected chi connectivity index (χ2v) is 3.96. The van der Waals surface area contributed by atoms with E-state index in [4.69, 9.17) is 0 Å². The van der Waals surface area contributed by atoms with Crippen molar-refractivity contribution >= 4 is 4.40 Å². The van der Waals surface area contributed by atoms with Crippen molar-refractivity contribution in [2.75, 3.05) is 0 Å². The number of allylic oxidation sites excluding steroid dienone is 2. The molecule has 0 saturated carbocycles. The van der Waals surface area contributed by atoms with Crippen molar-refractivity contribution in [3.8, 4) is 0 Å². The Morgan fingerprint density at radius 1 is 1.33 bits per heavy atom. The molecule has 0 atom stereocenters. The van der Waals surface area contributed by atoms with E-state index in [-0.39, 0.29) is 0 Å². The fourth-order valence-corrected chi connectivity index (χ4v) is 2.44. The van der Waals surface area contributed by atoms with Gasteiger partial charge in [0, 0.05) is 0 Å². The average Bonchev–Trinajstić information content (AvgIpc) is 1.65. The van der Waals surface area contributed by atoms with Gasteiger partial charge in [0.25, 0.3) is 0 Å². The van der Waals surface area contributed by atoms with Gasteiger partial charge in [-0.3, -0.25) is 0 Å². The molecule has 0 unspecified atom stereocenters. The van der Waals surface area contributed by atoms with E-state index in [2.05, 4.69) is 38.2 Å². The van der Waals surface area contributed by atoms with Crippen molar-refractivity contribution in [2.45, 2.75) is 27.7 Å². The first-order chi connectivity index (χ1) is 4.02. The van der Waals surface area contributed by atoms with E-state index in [0.29, 0.717) is 5.41 Å². The quantitative estimate of drug-likeness (QED) is 0.696. The van der Waals surface area contributed by atoms with Crippen LogP contribution in [0.1, 0.15) is 27.7 Å². The molecule has 0 heterocycles. The molecule has 0 bridgehead atoms. The number of hydrogen-bond acceptors (Lipinski definition) is 0. The molecule has 9 heavy (non-hydrogen) atoms. The molecule has 1 heteroatoms. The van der Waals surface area contributed by atoms with Crippen LogP contribution in [0, 0.1) is 5.41 Å². The third-order valence-corrected chi connectivity index (χ3v) is 2.22. The predicted molar refractivity (Wildman–Crippen MR) is 39.3 cm³/mol. The molecule has 0 N–H and O–H groups in total. The van der Waals surface area contributed by atoms with Gasteiger partial charge in [0.2, 0.25) is 0 Å². The van der Waals surface area contributed by atoms with Crippen molar-refractivity contribution < 1.29 is 19.4 Å². The van der Waals surface area contributed by atoms with E-state index in [1.807, 2.05) is 0 Å². The molecule has 0 aromatic carbocycles. The van der Waals surface area contributed by atoms with Gasteiger partial charge in [-0.1, -0.05) is 0 Å². The van der Waals surface area contributed by atoms with Gasteiger partial charge < -0.3 is 0 Å². The molecule has 52 valence electrons. The minimum absolute atomic E-state index is 0.344. The van der Waals surface area contributed by atoms with E-state index in [1.54, 1.807) is 0 Å². The summed E-state index contributed by atoms with van der Waals surface area (Å²) in [6.45, 7) is 8.81. The molecule has 0 amide bonds. The molecule has 0 radical (unpaired) electrons. The summed E-state index contributed by atoms with van der Waals surface area (Å²) < 4.78 is 2.25. The molecule has 0 aliphatic heterocycles. The summed E-state index contributed by atoms with van der Waals surface area (Å²) in [5.74, 6) is 0. The molecular formula is C8H14W. The van der Waals surface area contributed by atoms with Crippen LogP contribution in [0.5, 0.6) is 0 Å². The van der Waals surface area contributed by atoms with Crippen LogP contribution in [0.4, 0.5) is 0 Å². The van der Waals surface area contributed by atoms with Crippen LogP contribution < -0.4 is 0 Å². The maximum atomic E-state index is 2.25. The molecule has 0 nitrogen and oxygen atoms in total. The van der Waals surface area contributed by atoms with Crippen LogP contribution in [-0.2, 0) is 19.4 Å². The molecule has 0 rings (SSSR count). The third-order valence-electron chi connectivity index (χ3n) is 1.30. The van der Waals surface area contributed by atoms with E-state index in [1.165, 1.54) is 24.9 Å². The minimum atomic E-state index is 0.344. The Kier molecular flexibility index (Phi) is 3.58. The van der Waals surface area contributed by atoms with Gasteiger partial charge in [-0.25, -0.2) is 0 Å². The van der Waals surface area contributed by atoms with Crippen LogP contribution in [0.25, 0.3) is 0 Å². The van der Waals surface area contributed by atoms with Gasteiger partial charge in [0.05, 0.1) is 0 Å². The van der Waals surface area contributed by atoms with Crippen LogP contribution in [0.2, 0.25) is 0 Å². The SMILES string of the molecule is CC=C([CH]=[W])C(C)(C)C. The summed E-state index contributed by atoms with van der Waals surface area (Å²) in [6, 6.07) is 0. The fraction of sp³-hybridized carbons (Fsp3) is 0.625. The zero-order valence-electron chi connectivity index (χ0n) is 6.56. The predicted octanol–water partition coefficient (Wildman–Crippen LogP) is 2.33. The van der Waals surface area contributed by atoms with Crippen molar-refractivity contribution in [3.63, 3.8) is 0 Å². The van der Waals surface area contributed by atoms with Crippen LogP contribution in [-0.4, -0.2) is 4.40 Å². The van der Waals surface area contributed by atoms with E-state index < -0.39 is 0 Å². The van der Waals surface area contributed by atoms with Crippen molar-refractivity contribution in [3.05, 3.63) is 11.6 Å². The van der Waals surface area contributed by atoms with Gasteiger partial charge in [-0.2, -0.15) is 0 Å². The Morgan fingerprint density at radius 3 is 1.78 bits per heavy atom. The zero-order chi connectivity index (χ0) is 7.49. The number of rotatable bonds is 1. The number of hydrogen-bond donors (Lipinski definition) is 0. The normalized spacial score (nSPS) is 13.6. The Balaban J connectivity index is 4.32. The average molecular weight is 294 g/mol. The topological polar surface area (TPSA) is 0 Å². The second-order valence-electron chi connectivity index (χ2n) is 3.11. The van der Waals surface area contributed by atoms with E-state index in [0.717, 1.165) is 0 Å². The monoisotopic (exact) mass is 294 g/mol. The Hall–Kier alpha value is 0.298. The first-order valence-corrected chi connectivity index (χ1v) is 4.83. The van der Waals surface area contributed by atoms with E-state index >= 15 is 0 Å². The summed E-state index contributed by atoms with van der Waals surface area (Å²) in [5, 5.41) is 0. The second kappa shape index (κ2) is 3.46. The van der Waals surface area contributed by atoms with Gasteiger partial charge in [-0.15, -0.1) is 0 Å². The van der Waals surface area contributed by atoms with Crippen LogP contribution in [0.15, 0.2) is 11.6 Å². The Labute approximate surface area is 68.8 Å². The first-order valence-electron chi connectivity index (χ1n) is 3.14. The van der Waals surface area contributed by atoms with Crippen molar-refractivity contribution in [1.29, 1.82) is 0 Å². The standard InChI is InChI=1S/C8H14.W/c1-6-7(2)8(3,4)5;/h2,6H,1,3-5H3;. The molecular weight excluding hydrogens is 280 g/mol. The van der Waals surface area contributed by atoms with Crippen molar-refractivity contribution in [1.82, 2.24) is 0 Å². The summed E-state index contributed by atoms with van der Waals surface area (Å²) in [6.07, 6.45) is 2.19. The Morgan fingerprint density at radius 2 is 1.78 bits per heavy atom. The third kappa shape index (κ3) is 3.10. The molecule has 0 aromatic heterocycles. The summed E-state index contributed by atoms with van der Waals surface area (Å²) in [7, 11) is 0. The fourth-order valence-electron chi connectivity index (χ4n) is 0.678.